The molecule has 0 amide bonds. The summed E-state index contributed by atoms with van der Waals surface area (Å²) in [5.41, 5.74) is 2.89. The number of aromatic nitrogens is 1. The van der Waals surface area contributed by atoms with Crippen molar-refractivity contribution in [2.24, 2.45) is 17.8 Å². The Morgan fingerprint density at radius 3 is 1.93 bits per heavy atom. The first kappa shape index (κ1) is 9.50. The van der Waals surface area contributed by atoms with Gasteiger partial charge in [-0.05, 0) is 69.4 Å². The van der Waals surface area contributed by atoms with Crippen LogP contribution in [-0.4, -0.2) is 4.57 Å². The number of rotatable bonds is 4. The van der Waals surface area contributed by atoms with Gasteiger partial charge in [-0.15, -0.1) is 0 Å². The van der Waals surface area contributed by atoms with Crippen molar-refractivity contribution in [2.45, 2.75) is 46.1 Å². The van der Waals surface area contributed by atoms with Gasteiger partial charge in [-0.2, -0.15) is 0 Å². The summed E-state index contributed by atoms with van der Waals surface area (Å²) < 4.78 is 2.53. The van der Waals surface area contributed by atoms with Gasteiger partial charge in [-0.25, -0.2) is 0 Å². The molecule has 2 aliphatic rings. The summed E-state index contributed by atoms with van der Waals surface area (Å²) in [6.07, 6.45) is 6.00. The molecular formula is C14H21N. The second-order valence-electron chi connectivity index (χ2n) is 5.57. The van der Waals surface area contributed by atoms with Crippen molar-refractivity contribution in [3.8, 4) is 0 Å². The largest absolute Gasteiger partial charge is 0.349 e. The van der Waals surface area contributed by atoms with Crippen LogP contribution in [0.5, 0.6) is 0 Å². The summed E-state index contributed by atoms with van der Waals surface area (Å²) in [4.78, 5) is 0. The third-order valence-corrected chi connectivity index (χ3v) is 4.27. The molecular weight excluding hydrogens is 182 g/mol. The van der Waals surface area contributed by atoms with E-state index in [9.17, 15) is 0 Å². The highest BCUT2D eigenvalue weighted by Crippen LogP contribution is 2.50. The summed E-state index contributed by atoms with van der Waals surface area (Å²) >= 11 is 0. The Balaban J connectivity index is 1.77. The number of hydrogen-bond donors (Lipinski definition) is 0. The highest BCUT2D eigenvalue weighted by molar-refractivity contribution is 5.14. The average Bonchev–Trinajstić information content (AvgIpc) is 3.09. The molecule has 0 aliphatic heterocycles. The maximum atomic E-state index is 2.53. The van der Waals surface area contributed by atoms with E-state index in [1.54, 1.807) is 0 Å². The van der Waals surface area contributed by atoms with Gasteiger partial charge in [-0.3, -0.25) is 0 Å². The molecule has 1 aromatic heterocycles. The molecule has 2 fully saturated rings. The SMILES string of the molecule is Cc1ccc(C)n1CC(C1CC1)C1CC1. The van der Waals surface area contributed by atoms with Crippen LogP contribution < -0.4 is 0 Å². The summed E-state index contributed by atoms with van der Waals surface area (Å²) in [7, 11) is 0. The fraction of sp³-hybridized carbons (Fsp3) is 0.714. The van der Waals surface area contributed by atoms with Crippen LogP contribution in [0, 0.1) is 31.6 Å². The van der Waals surface area contributed by atoms with E-state index >= 15 is 0 Å². The molecule has 0 bridgehead atoms. The van der Waals surface area contributed by atoms with Crippen LogP contribution in [0.15, 0.2) is 12.1 Å². The standard InChI is InChI=1S/C14H21N/c1-10-3-4-11(2)15(10)9-14(12-5-6-12)13-7-8-13/h3-4,12-14H,5-9H2,1-2H3. The molecule has 3 rings (SSSR count). The number of nitrogens with zero attached hydrogens (tertiary/aromatic N) is 1. The lowest BCUT2D eigenvalue weighted by Crippen LogP contribution is -2.16. The summed E-state index contributed by atoms with van der Waals surface area (Å²) in [5, 5.41) is 0. The number of hydrogen-bond acceptors (Lipinski definition) is 0. The number of aryl methyl sites for hydroxylation is 2. The molecule has 0 saturated heterocycles. The van der Waals surface area contributed by atoms with Crippen molar-refractivity contribution < 1.29 is 0 Å². The Morgan fingerprint density at radius 1 is 1.07 bits per heavy atom. The normalized spacial score (nSPS) is 21.3. The molecule has 82 valence electrons. The molecule has 2 aliphatic carbocycles. The van der Waals surface area contributed by atoms with Crippen molar-refractivity contribution >= 4 is 0 Å². The first-order chi connectivity index (χ1) is 7.25. The second kappa shape index (κ2) is 3.40. The Morgan fingerprint density at radius 2 is 1.53 bits per heavy atom. The van der Waals surface area contributed by atoms with Crippen LogP contribution in [0.2, 0.25) is 0 Å². The van der Waals surface area contributed by atoms with Crippen LogP contribution in [0.25, 0.3) is 0 Å². The lowest BCUT2D eigenvalue weighted by atomic mass is 9.97. The van der Waals surface area contributed by atoms with E-state index in [1.165, 1.54) is 43.6 Å². The molecule has 0 radical (unpaired) electrons. The Hall–Kier alpha value is -0.720. The minimum Gasteiger partial charge on any atom is -0.349 e. The molecule has 1 heteroatoms. The topological polar surface area (TPSA) is 4.93 Å². The highest BCUT2D eigenvalue weighted by atomic mass is 15.0. The third kappa shape index (κ3) is 1.84. The Labute approximate surface area is 92.5 Å². The van der Waals surface area contributed by atoms with Crippen molar-refractivity contribution in [3.05, 3.63) is 23.5 Å². The van der Waals surface area contributed by atoms with E-state index in [0.29, 0.717) is 0 Å². The zero-order chi connectivity index (χ0) is 10.4. The van der Waals surface area contributed by atoms with E-state index in [2.05, 4.69) is 30.5 Å². The maximum Gasteiger partial charge on any atom is 0.0258 e. The van der Waals surface area contributed by atoms with Gasteiger partial charge in [-0.1, -0.05) is 0 Å². The van der Waals surface area contributed by atoms with Gasteiger partial charge in [0.05, 0.1) is 0 Å². The molecule has 15 heavy (non-hydrogen) atoms. The van der Waals surface area contributed by atoms with Crippen molar-refractivity contribution in [1.29, 1.82) is 0 Å². The fourth-order valence-corrected chi connectivity index (χ4v) is 2.93. The summed E-state index contributed by atoms with van der Waals surface area (Å²) in [6, 6.07) is 4.51. The van der Waals surface area contributed by atoms with Crippen LogP contribution in [0.3, 0.4) is 0 Å². The Bertz CT molecular complexity index is 324. The van der Waals surface area contributed by atoms with Gasteiger partial charge in [0.15, 0.2) is 0 Å². The molecule has 0 spiro atoms. The van der Waals surface area contributed by atoms with E-state index in [1.807, 2.05) is 0 Å². The van der Waals surface area contributed by atoms with Crippen LogP contribution >= 0.6 is 0 Å². The first-order valence-electron chi connectivity index (χ1n) is 6.38. The zero-order valence-corrected chi connectivity index (χ0v) is 9.87. The van der Waals surface area contributed by atoms with E-state index in [4.69, 9.17) is 0 Å². The van der Waals surface area contributed by atoms with E-state index in [-0.39, 0.29) is 0 Å². The lowest BCUT2D eigenvalue weighted by Gasteiger charge is -2.19. The summed E-state index contributed by atoms with van der Waals surface area (Å²) in [6.45, 7) is 5.77. The Kier molecular flexibility index (Phi) is 2.15. The molecule has 0 N–H and O–H groups in total. The van der Waals surface area contributed by atoms with Crippen molar-refractivity contribution in [3.63, 3.8) is 0 Å². The van der Waals surface area contributed by atoms with Crippen LogP contribution in [0.4, 0.5) is 0 Å². The molecule has 1 nitrogen and oxygen atoms in total. The van der Waals surface area contributed by atoms with Crippen LogP contribution in [-0.2, 0) is 6.54 Å². The van der Waals surface area contributed by atoms with E-state index in [0.717, 1.165) is 17.8 Å². The maximum absolute atomic E-state index is 2.53. The van der Waals surface area contributed by atoms with Crippen molar-refractivity contribution in [2.75, 3.05) is 0 Å². The van der Waals surface area contributed by atoms with Crippen molar-refractivity contribution in [1.82, 2.24) is 4.57 Å². The molecule has 2 saturated carbocycles. The van der Waals surface area contributed by atoms with Gasteiger partial charge in [0.1, 0.15) is 0 Å². The summed E-state index contributed by atoms with van der Waals surface area (Å²) in [5.74, 6) is 3.13. The monoisotopic (exact) mass is 203 g/mol. The molecule has 0 atom stereocenters. The quantitative estimate of drug-likeness (QED) is 0.705. The van der Waals surface area contributed by atoms with E-state index < -0.39 is 0 Å². The van der Waals surface area contributed by atoms with Gasteiger partial charge < -0.3 is 4.57 Å². The second-order valence-corrected chi connectivity index (χ2v) is 5.57. The molecule has 1 aromatic rings. The highest BCUT2D eigenvalue weighted by Gasteiger charge is 2.41. The predicted molar refractivity (Wildman–Crippen MR) is 62.8 cm³/mol. The molecule has 0 unspecified atom stereocenters. The van der Waals surface area contributed by atoms with Crippen LogP contribution in [0.1, 0.15) is 37.1 Å². The average molecular weight is 203 g/mol. The molecule has 1 heterocycles. The van der Waals surface area contributed by atoms with Gasteiger partial charge in [0.2, 0.25) is 0 Å². The minimum absolute atomic E-state index is 0.995. The molecule has 0 aromatic carbocycles. The smallest absolute Gasteiger partial charge is 0.0258 e. The van der Waals surface area contributed by atoms with Gasteiger partial charge in [0.25, 0.3) is 0 Å². The fourth-order valence-electron chi connectivity index (χ4n) is 2.93. The van der Waals surface area contributed by atoms with Gasteiger partial charge in [0, 0.05) is 17.9 Å². The third-order valence-electron chi connectivity index (χ3n) is 4.27. The first-order valence-corrected chi connectivity index (χ1v) is 6.38. The lowest BCUT2D eigenvalue weighted by molar-refractivity contribution is 0.344. The minimum atomic E-state index is 0.995. The zero-order valence-electron chi connectivity index (χ0n) is 9.87. The predicted octanol–water partition coefficient (Wildman–Crippen LogP) is 3.54. The van der Waals surface area contributed by atoms with Gasteiger partial charge >= 0.3 is 0 Å².